The van der Waals surface area contributed by atoms with Crippen LogP contribution >= 0.6 is 23.2 Å². The Kier molecular flexibility index (Phi) is 10.8. The van der Waals surface area contributed by atoms with E-state index in [1.165, 1.54) is 23.1 Å². The molecule has 208 valence electrons. The fourth-order valence-corrected chi connectivity index (χ4v) is 5.79. The first-order chi connectivity index (χ1) is 18.6. The summed E-state index contributed by atoms with van der Waals surface area (Å²) in [6.45, 7) is 5.66. The maximum Gasteiger partial charge on any atom is 0.264 e. The molecule has 3 rings (SSSR count). The Morgan fingerprint density at radius 3 is 2.18 bits per heavy atom. The molecule has 0 bridgehead atoms. The molecule has 0 unspecified atom stereocenters. The molecule has 0 radical (unpaired) electrons. The monoisotopic (exact) mass is 589 g/mol. The standard InChI is InChI=1S/C29H33Cl2N3O4S/c1-4-17-32-29(36)27(5-2)33(19-22-11-13-23(30)14-12-22)28(35)20-34(25-8-6-7-24(31)18-25)39(37,38)26-15-9-21(3)10-16-26/h6-16,18,27H,4-5,17,19-20H2,1-3H3,(H,32,36)/t27-/m1/s1. The number of carbonyl (C=O) groups excluding carboxylic acids is 2. The smallest absolute Gasteiger partial charge is 0.264 e. The zero-order valence-electron chi connectivity index (χ0n) is 22.2. The van der Waals surface area contributed by atoms with Crippen molar-refractivity contribution in [1.82, 2.24) is 10.2 Å². The van der Waals surface area contributed by atoms with Crippen molar-refractivity contribution < 1.29 is 18.0 Å². The Morgan fingerprint density at radius 2 is 1.59 bits per heavy atom. The third kappa shape index (κ3) is 7.97. The van der Waals surface area contributed by atoms with Gasteiger partial charge in [-0.05, 0) is 67.8 Å². The lowest BCUT2D eigenvalue weighted by molar-refractivity contribution is -0.140. The molecule has 1 atom stereocenters. The van der Waals surface area contributed by atoms with E-state index in [1.54, 1.807) is 54.6 Å². The van der Waals surface area contributed by atoms with Crippen molar-refractivity contribution in [1.29, 1.82) is 0 Å². The predicted octanol–water partition coefficient (Wildman–Crippen LogP) is 5.83. The maximum absolute atomic E-state index is 14.0. The highest BCUT2D eigenvalue weighted by Gasteiger charge is 2.33. The number of nitrogens with zero attached hydrogens (tertiary/aromatic N) is 2. The van der Waals surface area contributed by atoms with Crippen LogP contribution in [-0.2, 0) is 26.2 Å². The van der Waals surface area contributed by atoms with Crippen LogP contribution in [0.2, 0.25) is 10.0 Å². The predicted molar refractivity (Wildman–Crippen MR) is 157 cm³/mol. The van der Waals surface area contributed by atoms with E-state index in [1.807, 2.05) is 20.8 Å². The summed E-state index contributed by atoms with van der Waals surface area (Å²) in [5, 5.41) is 3.73. The molecule has 0 spiro atoms. The molecule has 0 heterocycles. The van der Waals surface area contributed by atoms with Gasteiger partial charge in [0.25, 0.3) is 10.0 Å². The largest absolute Gasteiger partial charge is 0.354 e. The third-order valence-corrected chi connectivity index (χ3v) is 8.46. The van der Waals surface area contributed by atoms with E-state index in [2.05, 4.69) is 5.32 Å². The average Bonchev–Trinajstić information content (AvgIpc) is 2.91. The van der Waals surface area contributed by atoms with E-state index in [9.17, 15) is 18.0 Å². The zero-order chi connectivity index (χ0) is 28.6. The molecule has 0 saturated carbocycles. The highest BCUT2D eigenvalue weighted by Crippen LogP contribution is 2.27. The Balaban J connectivity index is 2.04. The molecule has 1 N–H and O–H groups in total. The number of hydrogen-bond donors (Lipinski definition) is 1. The van der Waals surface area contributed by atoms with Gasteiger partial charge in [-0.1, -0.05) is 72.9 Å². The van der Waals surface area contributed by atoms with Crippen LogP contribution < -0.4 is 9.62 Å². The summed E-state index contributed by atoms with van der Waals surface area (Å²) in [6.07, 6.45) is 1.08. The molecule has 0 fully saturated rings. The van der Waals surface area contributed by atoms with Crippen molar-refractivity contribution in [3.05, 3.63) is 94.0 Å². The van der Waals surface area contributed by atoms with Gasteiger partial charge >= 0.3 is 0 Å². The molecule has 0 aromatic heterocycles. The second-order valence-electron chi connectivity index (χ2n) is 9.17. The average molecular weight is 591 g/mol. The second-order valence-corrected chi connectivity index (χ2v) is 11.9. The van der Waals surface area contributed by atoms with Gasteiger partial charge in [0.2, 0.25) is 11.8 Å². The Bertz CT molecular complexity index is 1380. The highest BCUT2D eigenvalue weighted by atomic mass is 35.5. The molecule has 0 aliphatic rings. The van der Waals surface area contributed by atoms with Gasteiger partial charge in [0.05, 0.1) is 10.6 Å². The molecule has 3 aromatic rings. The second kappa shape index (κ2) is 13.8. The fourth-order valence-electron chi connectivity index (χ4n) is 4.07. The summed E-state index contributed by atoms with van der Waals surface area (Å²) in [4.78, 5) is 28.5. The molecule has 10 heteroatoms. The molecule has 0 saturated heterocycles. The van der Waals surface area contributed by atoms with Crippen molar-refractivity contribution >= 4 is 50.7 Å². The van der Waals surface area contributed by atoms with Crippen molar-refractivity contribution in [2.75, 3.05) is 17.4 Å². The van der Waals surface area contributed by atoms with Crippen LogP contribution in [0.4, 0.5) is 5.69 Å². The molecule has 0 aliphatic heterocycles. The number of anilines is 1. The molecule has 2 amide bonds. The quantitative estimate of drug-likeness (QED) is 0.288. The van der Waals surface area contributed by atoms with Gasteiger partial charge in [-0.3, -0.25) is 13.9 Å². The van der Waals surface area contributed by atoms with E-state index in [0.29, 0.717) is 23.0 Å². The summed E-state index contributed by atoms with van der Waals surface area (Å²) in [6, 6.07) is 18.9. The van der Waals surface area contributed by atoms with Crippen LogP contribution in [0, 0.1) is 6.92 Å². The minimum Gasteiger partial charge on any atom is -0.354 e. The van der Waals surface area contributed by atoms with Gasteiger partial charge in [0.15, 0.2) is 0 Å². The van der Waals surface area contributed by atoms with Gasteiger partial charge in [0.1, 0.15) is 12.6 Å². The van der Waals surface area contributed by atoms with Crippen LogP contribution in [0.15, 0.2) is 77.7 Å². The maximum atomic E-state index is 14.0. The summed E-state index contributed by atoms with van der Waals surface area (Å²) in [7, 11) is -4.15. The summed E-state index contributed by atoms with van der Waals surface area (Å²) in [5.41, 5.74) is 1.90. The van der Waals surface area contributed by atoms with Gasteiger partial charge in [-0.2, -0.15) is 0 Å². The Labute approximate surface area is 240 Å². The number of amides is 2. The Morgan fingerprint density at radius 1 is 0.923 bits per heavy atom. The minimum atomic E-state index is -4.15. The fraction of sp³-hybridized carbons (Fsp3) is 0.310. The lowest BCUT2D eigenvalue weighted by Gasteiger charge is -2.33. The molecule has 0 aliphatic carbocycles. The molecule has 7 nitrogen and oxygen atoms in total. The summed E-state index contributed by atoms with van der Waals surface area (Å²) >= 11 is 12.3. The van der Waals surface area contributed by atoms with Crippen molar-refractivity contribution in [2.24, 2.45) is 0 Å². The molecular weight excluding hydrogens is 557 g/mol. The van der Waals surface area contributed by atoms with Crippen molar-refractivity contribution in [2.45, 2.75) is 51.1 Å². The van der Waals surface area contributed by atoms with Gasteiger partial charge in [0, 0.05) is 23.1 Å². The van der Waals surface area contributed by atoms with E-state index in [0.717, 1.165) is 21.9 Å². The topological polar surface area (TPSA) is 86.8 Å². The highest BCUT2D eigenvalue weighted by molar-refractivity contribution is 7.92. The van der Waals surface area contributed by atoms with Crippen LogP contribution in [0.1, 0.15) is 37.8 Å². The summed E-state index contributed by atoms with van der Waals surface area (Å²) in [5.74, 6) is -0.823. The van der Waals surface area contributed by atoms with Gasteiger partial charge in [-0.15, -0.1) is 0 Å². The molecule has 39 heavy (non-hydrogen) atoms. The van der Waals surface area contributed by atoms with Crippen LogP contribution in [0.3, 0.4) is 0 Å². The van der Waals surface area contributed by atoms with Crippen LogP contribution in [0.25, 0.3) is 0 Å². The normalized spacial score (nSPS) is 12.0. The number of nitrogens with one attached hydrogen (secondary N) is 1. The minimum absolute atomic E-state index is 0.0397. The lowest BCUT2D eigenvalue weighted by Crippen LogP contribution is -2.52. The number of carbonyl (C=O) groups is 2. The van der Waals surface area contributed by atoms with Crippen LogP contribution in [-0.4, -0.2) is 44.3 Å². The van der Waals surface area contributed by atoms with Gasteiger partial charge < -0.3 is 10.2 Å². The first-order valence-corrected chi connectivity index (χ1v) is 14.9. The van der Waals surface area contributed by atoms with Crippen molar-refractivity contribution in [3.8, 4) is 0 Å². The SMILES string of the molecule is CCCNC(=O)[C@@H](CC)N(Cc1ccc(Cl)cc1)C(=O)CN(c1cccc(Cl)c1)S(=O)(=O)c1ccc(C)cc1. The molecule has 3 aromatic carbocycles. The number of sulfonamides is 1. The third-order valence-electron chi connectivity index (χ3n) is 6.19. The van der Waals surface area contributed by atoms with Crippen molar-refractivity contribution in [3.63, 3.8) is 0 Å². The Hall–Kier alpha value is -3.07. The van der Waals surface area contributed by atoms with Gasteiger partial charge in [-0.25, -0.2) is 8.42 Å². The lowest BCUT2D eigenvalue weighted by atomic mass is 10.1. The summed E-state index contributed by atoms with van der Waals surface area (Å²) < 4.78 is 28.7. The first-order valence-electron chi connectivity index (χ1n) is 12.7. The first kappa shape index (κ1) is 30.5. The number of aryl methyl sites for hydroxylation is 1. The van der Waals surface area contributed by atoms with E-state index in [-0.39, 0.29) is 23.0 Å². The van der Waals surface area contributed by atoms with Crippen LogP contribution in [0.5, 0.6) is 0 Å². The number of hydrogen-bond acceptors (Lipinski definition) is 4. The zero-order valence-corrected chi connectivity index (χ0v) is 24.6. The number of benzene rings is 3. The number of rotatable bonds is 12. The van der Waals surface area contributed by atoms with E-state index < -0.39 is 28.5 Å². The van der Waals surface area contributed by atoms with E-state index in [4.69, 9.17) is 23.2 Å². The number of halogens is 2. The van der Waals surface area contributed by atoms with E-state index >= 15 is 0 Å². The molecular formula is C29H33Cl2N3O4S.